The highest BCUT2D eigenvalue weighted by Crippen LogP contribution is 2.33. The molecule has 0 bridgehead atoms. The first-order valence-corrected chi connectivity index (χ1v) is 13.2. The summed E-state index contributed by atoms with van der Waals surface area (Å²) in [6.45, 7) is 6.57. The number of fused-ring (bicyclic) bond motifs is 1. The van der Waals surface area contributed by atoms with E-state index in [9.17, 15) is 4.79 Å². The Bertz CT molecular complexity index is 1480. The molecule has 1 heterocycles. The van der Waals surface area contributed by atoms with Crippen molar-refractivity contribution in [3.8, 4) is 11.5 Å². The van der Waals surface area contributed by atoms with Gasteiger partial charge in [0.2, 0.25) is 0 Å². The summed E-state index contributed by atoms with van der Waals surface area (Å²) < 4.78 is 14.6. The summed E-state index contributed by atoms with van der Waals surface area (Å²) in [6, 6.07) is 17.4. The Morgan fingerprint density at radius 3 is 2.53 bits per heavy atom. The largest absolute Gasteiger partial charge is 0.493 e. The minimum atomic E-state index is -0.214. The molecule has 8 heteroatoms. The molecule has 0 radical (unpaired) electrons. The van der Waals surface area contributed by atoms with Gasteiger partial charge in [-0.05, 0) is 65.2 Å². The van der Waals surface area contributed by atoms with E-state index in [0.717, 1.165) is 26.5 Å². The Labute approximate surface area is 227 Å². The van der Waals surface area contributed by atoms with E-state index in [1.54, 1.807) is 19.4 Å². The highest BCUT2D eigenvalue weighted by Gasteiger charge is 2.16. The molecule has 0 unspecified atom stereocenters. The highest BCUT2D eigenvalue weighted by atomic mass is 79.9. The van der Waals surface area contributed by atoms with Crippen molar-refractivity contribution in [2.75, 3.05) is 7.11 Å². The monoisotopic (exact) mass is 611 g/mol. The van der Waals surface area contributed by atoms with Crippen LogP contribution in [-0.2, 0) is 6.61 Å². The van der Waals surface area contributed by atoms with E-state index >= 15 is 0 Å². The molecular weight excluding hydrogens is 586 g/mol. The number of methoxy groups -OCH3 is 1. The molecule has 0 aliphatic heterocycles. The third-order valence-corrected chi connectivity index (χ3v) is 7.18. The molecule has 0 N–H and O–H groups in total. The van der Waals surface area contributed by atoms with Crippen LogP contribution < -0.4 is 15.0 Å². The number of halogens is 2. The normalized spacial score (nSPS) is 12.3. The number of hydrogen-bond acceptors (Lipinski definition) is 5. The number of hydrogen-bond donors (Lipinski definition) is 0. The number of aryl methyl sites for hydroxylation is 1. The van der Waals surface area contributed by atoms with Crippen molar-refractivity contribution in [2.45, 2.75) is 39.7 Å². The van der Waals surface area contributed by atoms with Gasteiger partial charge in [0, 0.05) is 20.4 Å². The fourth-order valence-electron chi connectivity index (χ4n) is 3.67. The Morgan fingerprint density at radius 1 is 1.08 bits per heavy atom. The summed E-state index contributed by atoms with van der Waals surface area (Å²) in [5.41, 5.74) is 3.45. The third kappa shape index (κ3) is 5.71. The van der Waals surface area contributed by atoms with E-state index in [1.807, 2.05) is 43.3 Å². The molecular formula is C28H27Br2N3O3. The van der Waals surface area contributed by atoms with Crippen molar-refractivity contribution in [3.63, 3.8) is 0 Å². The Balaban J connectivity index is 1.69. The third-order valence-electron chi connectivity index (χ3n) is 6.00. The highest BCUT2D eigenvalue weighted by molar-refractivity contribution is 9.10. The Morgan fingerprint density at radius 2 is 1.83 bits per heavy atom. The van der Waals surface area contributed by atoms with Crippen LogP contribution in [0.25, 0.3) is 10.9 Å². The molecule has 0 aliphatic rings. The predicted molar refractivity (Wildman–Crippen MR) is 152 cm³/mol. The van der Waals surface area contributed by atoms with Crippen LogP contribution in [0.1, 0.15) is 48.7 Å². The molecule has 0 fully saturated rings. The molecule has 0 spiro atoms. The molecule has 4 aromatic rings. The average Bonchev–Trinajstić information content (AvgIpc) is 2.88. The van der Waals surface area contributed by atoms with Gasteiger partial charge < -0.3 is 9.47 Å². The van der Waals surface area contributed by atoms with Crippen molar-refractivity contribution in [1.82, 2.24) is 9.66 Å². The fourth-order valence-corrected chi connectivity index (χ4v) is 4.45. The van der Waals surface area contributed by atoms with Crippen molar-refractivity contribution >= 4 is 49.0 Å². The molecule has 0 saturated heterocycles. The molecule has 36 heavy (non-hydrogen) atoms. The van der Waals surface area contributed by atoms with Gasteiger partial charge in [-0.1, -0.05) is 59.6 Å². The van der Waals surface area contributed by atoms with Crippen molar-refractivity contribution in [3.05, 3.63) is 96.4 Å². The summed E-state index contributed by atoms with van der Waals surface area (Å²) >= 11 is 7.06. The molecule has 0 aliphatic carbocycles. The van der Waals surface area contributed by atoms with E-state index in [0.29, 0.717) is 34.8 Å². The van der Waals surface area contributed by atoms with E-state index in [-0.39, 0.29) is 11.5 Å². The van der Waals surface area contributed by atoms with E-state index < -0.39 is 0 Å². The van der Waals surface area contributed by atoms with Gasteiger partial charge >= 0.3 is 0 Å². The zero-order valence-electron chi connectivity index (χ0n) is 20.6. The first-order valence-electron chi connectivity index (χ1n) is 11.6. The van der Waals surface area contributed by atoms with Gasteiger partial charge in [-0.25, -0.2) is 4.98 Å². The molecule has 6 nitrogen and oxygen atoms in total. The minimum absolute atomic E-state index is 0.0541. The lowest BCUT2D eigenvalue weighted by atomic mass is 10.1. The summed E-state index contributed by atoms with van der Waals surface area (Å²) in [7, 11) is 1.60. The smallest absolute Gasteiger partial charge is 0.282 e. The van der Waals surface area contributed by atoms with E-state index in [2.05, 4.69) is 62.9 Å². The van der Waals surface area contributed by atoms with Crippen LogP contribution in [0.3, 0.4) is 0 Å². The number of rotatable bonds is 8. The molecule has 0 saturated carbocycles. The maximum Gasteiger partial charge on any atom is 0.282 e. The topological polar surface area (TPSA) is 65.7 Å². The molecule has 186 valence electrons. The first kappa shape index (κ1) is 26.1. The summed E-state index contributed by atoms with van der Waals surface area (Å²) in [5, 5.41) is 5.07. The van der Waals surface area contributed by atoms with Crippen LogP contribution in [0.5, 0.6) is 11.5 Å². The SMILES string of the molecule is CC[C@H](C)c1nc2ccc(Br)cc2c(=O)n1N=Cc1cc(OC)c(OCc2ccc(C)cc2)cc1Br. The molecule has 3 aromatic carbocycles. The van der Waals surface area contributed by atoms with Gasteiger partial charge in [-0.3, -0.25) is 4.79 Å². The molecule has 1 atom stereocenters. The minimum Gasteiger partial charge on any atom is -0.493 e. The lowest BCUT2D eigenvalue weighted by molar-refractivity contribution is 0.284. The average molecular weight is 613 g/mol. The van der Waals surface area contributed by atoms with Gasteiger partial charge in [0.05, 0.1) is 24.2 Å². The summed E-state index contributed by atoms with van der Waals surface area (Å²) in [5.74, 6) is 1.85. The number of ether oxygens (including phenoxy) is 2. The molecule has 1 aromatic heterocycles. The van der Waals surface area contributed by atoms with Crippen LogP contribution in [-0.4, -0.2) is 23.0 Å². The number of nitrogens with zero attached hydrogens (tertiary/aromatic N) is 3. The van der Waals surface area contributed by atoms with Gasteiger partial charge in [0.15, 0.2) is 11.5 Å². The second-order valence-corrected chi connectivity index (χ2v) is 10.4. The van der Waals surface area contributed by atoms with Gasteiger partial charge in [0.1, 0.15) is 12.4 Å². The predicted octanol–water partition coefficient (Wildman–Crippen LogP) is 7.21. The quantitative estimate of drug-likeness (QED) is 0.197. The lowest BCUT2D eigenvalue weighted by Gasteiger charge is -2.15. The standard InChI is InChI=1S/C28H27Br2N3O3/c1-5-18(3)27-32-24-11-10-21(29)13-22(24)28(34)33(27)31-15-20-12-25(35-4)26(14-23(20)30)36-16-19-8-6-17(2)7-9-19/h6-15,18H,5,16H2,1-4H3/t18-/m0/s1. The van der Waals surface area contributed by atoms with Gasteiger partial charge in [-0.2, -0.15) is 9.78 Å². The summed E-state index contributed by atoms with van der Waals surface area (Å²) in [6.07, 6.45) is 2.46. The van der Waals surface area contributed by atoms with Crippen molar-refractivity contribution < 1.29 is 9.47 Å². The maximum absolute atomic E-state index is 13.4. The van der Waals surface area contributed by atoms with Crippen LogP contribution in [0, 0.1) is 6.92 Å². The molecule has 0 amide bonds. The van der Waals surface area contributed by atoms with Crippen LogP contribution in [0.15, 0.2) is 73.4 Å². The van der Waals surface area contributed by atoms with E-state index in [4.69, 9.17) is 14.5 Å². The van der Waals surface area contributed by atoms with E-state index in [1.165, 1.54) is 10.2 Å². The second kappa shape index (κ2) is 11.4. The Hall–Kier alpha value is -2.97. The van der Waals surface area contributed by atoms with Crippen LogP contribution in [0.4, 0.5) is 0 Å². The summed E-state index contributed by atoms with van der Waals surface area (Å²) in [4.78, 5) is 18.1. The van der Waals surface area contributed by atoms with Gasteiger partial charge in [0.25, 0.3) is 5.56 Å². The Kier molecular flexibility index (Phi) is 8.26. The zero-order valence-corrected chi connectivity index (χ0v) is 23.8. The van der Waals surface area contributed by atoms with Gasteiger partial charge in [-0.15, -0.1) is 0 Å². The lowest BCUT2D eigenvalue weighted by Crippen LogP contribution is -2.23. The maximum atomic E-state index is 13.4. The number of aromatic nitrogens is 2. The first-order chi connectivity index (χ1) is 17.3. The van der Waals surface area contributed by atoms with Crippen LogP contribution >= 0.6 is 31.9 Å². The van der Waals surface area contributed by atoms with Crippen LogP contribution in [0.2, 0.25) is 0 Å². The molecule has 4 rings (SSSR count). The number of benzene rings is 3. The van der Waals surface area contributed by atoms with Crippen molar-refractivity contribution in [1.29, 1.82) is 0 Å². The fraction of sp³-hybridized carbons (Fsp3) is 0.250. The zero-order chi connectivity index (χ0) is 25.8. The second-order valence-electron chi connectivity index (χ2n) is 8.60. The van der Waals surface area contributed by atoms with Crippen molar-refractivity contribution in [2.24, 2.45) is 5.10 Å².